The average molecular weight is 430 g/mol. The number of aryl methyl sites for hydroxylation is 1. The van der Waals surface area contributed by atoms with Crippen LogP contribution in [0.3, 0.4) is 0 Å². The largest absolute Gasteiger partial charge is 0.353 e. The van der Waals surface area contributed by atoms with Gasteiger partial charge in [0.05, 0.1) is 4.90 Å². The van der Waals surface area contributed by atoms with Gasteiger partial charge in [0, 0.05) is 25.6 Å². The van der Waals surface area contributed by atoms with Crippen molar-refractivity contribution in [2.75, 3.05) is 19.6 Å². The van der Waals surface area contributed by atoms with Gasteiger partial charge in [-0.15, -0.1) is 12.4 Å². The molecule has 2 fully saturated rings. The van der Waals surface area contributed by atoms with E-state index in [4.69, 9.17) is 5.73 Å². The first-order valence-corrected chi connectivity index (χ1v) is 11.5. The molecule has 1 saturated heterocycles. The van der Waals surface area contributed by atoms with Gasteiger partial charge in [0.15, 0.2) is 0 Å². The third-order valence-corrected chi connectivity index (χ3v) is 7.74. The summed E-state index contributed by atoms with van der Waals surface area (Å²) < 4.78 is 26.6. The number of amides is 1. The lowest BCUT2D eigenvalue weighted by Crippen LogP contribution is -2.44. The molecule has 1 aromatic rings. The van der Waals surface area contributed by atoms with E-state index in [1.807, 2.05) is 12.1 Å². The number of carbonyl (C=O) groups is 1. The normalized spacial score (nSPS) is 23.2. The van der Waals surface area contributed by atoms with Crippen molar-refractivity contribution in [1.82, 2.24) is 9.62 Å². The Morgan fingerprint density at radius 2 is 1.71 bits per heavy atom. The highest BCUT2D eigenvalue weighted by molar-refractivity contribution is 7.89. The van der Waals surface area contributed by atoms with E-state index in [-0.39, 0.29) is 24.4 Å². The van der Waals surface area contributed by atoms with Crippen LogP contribution in [-0.2, 0) is 21.2 Å². The summed E-state index contributed by atoms with van der Waals surface area (Å²) in [5.41, 5.74) is 6.80. The Bertz CT molecular complexity index is 734. The second-order valence-corrected chi connectivity index (χ2v) is 9.65. The first-order chi connectivity index (χ1) is 13.0. The fourth-order valence-corrected chi connectivity index (χ4v) is 5.64. The lowest BCUT2D eigenvalue weighted by molar-refractivity contribution is -0.122. The topological polar surface area (TPSA) is 92.5 Å². The van der Waals surface area contributed by atoms with Crippen molar-refractivity contribution >= 4 is 28.3 Å². The SMILES string of the molecule is Cl.NCC1CCCCC1NC(=O)CCc1ccc(S(=O)(=O)N2CCCC2)cc1. The Labute approximate surface area is 174 Å². The molecule has 1 amide bonds. The minimum Gasteiger partial charge on any atom is -0.353 e. The zero-order chi connectivity index (χ0) is 19.3. The van der Waals surface area contributed by atoms with Crippen LogP contribution in [0.2, 0.25) is 0 Å². The second kappa shape index (κ2) is 10.6. The van der Waals surface area contributed by atoms with Crippen molar-refractivity contribution in [2.24, 2.45) is 11.7 Å². The quantitative estimate of drug-likeness (QED) is 0.696. The molecule has 3 N–H and O–H groups in total. The molecule has 2 aliphatic rings. The number of nitrogens with zero attached hydrogens (tertiary/aromatic N) is 1. The molecule has 8 heteroatoms. The van der Waals surface area contributed by atoms with Crippen molar-refractivity contribution in [3.05, 3.63) is 29.8 Å². The van der Waals surface area contributed by atoms with Crippen LogP contribution in [0.4, 0.5) is 0 Å². The Morgan fingerprint density at radius 3 is 2.36 bits per heavy atom. The molecular weight excluding hydrogens is 398 g/mol. The summed E-state index contributed by atoms with van der Waals surface area (Å²) in [5.74, 6) is 0.437. The number of halogens is 1. The van der Waals surface area contributed by atoms with Crippen LogP contribution >= 0.6 is 12.4 Å². The minimum absolute atomic E-state index is 0. The summed E-state index contributed by atoms with van der Waals surface area (Å²) in [5, 5.41) is 3.14. The van der Waals surface area contributed by atoms with Gasteiger partial charge < -0.3 is 11.1 Å². The lowest BCUT2D eigenvalue weighted by Gasteiger charge is -2.31. The summed E-state index contributed by atoms with van der Waals surface area (Å²) in [6.45, 7) is 1.84. The number of nitrogens with two attached hydrogens (primary N) is 1. The summed E-state index contributed by atoms with van der Waals surface area (Å²) in [7, 11) is -3.37. The highest BCUT2D eigenvalue weighted by atomic mass is 35.5. The highest BCUT2D eigenvalue weighted by Gasteiger charge is 2.27. The molecule has 158 valence electrons. The smallest absolute Gasteiger partial charge is 0.243 e. The molecule has 1 aromatic carbocycles. The fraction of sp³-hybridized carbons (Fsp3) is 0.650. The van der Waals surface area contributed by atoms with Gasteiger partial charge in [0.1, 0.15) is 0 Å². The molecule has 1 aliphatic heterocycles. The Morgan fingerprint density at radius 1 is 1.07 bits per heavy atom. The summed E-state index contributed by atoms with van der Waals surface area (Å²) in [6.07, 6.45) is 7.32. The number of carbonyl (C=O) groups excluding carboxylic acids is 1. The van der Waals surface area contributed by atoms with Crippen LogP contribution in [0, 0.1) is 5.92 Å². The van der Waals surface area contributed by atoms with Crippen molar-refractivity contribution in [3.63, 3.8) is 0 Å². The van der Waals surface area contributed by atoms with E-state index in [0.29, 0.717) is 43.3 Å². The summed E-state index contributed by atoms with van der Waals surface area (Å²) >= 11 is 0. The van der Waals surface area contributed by atoms with Gasteiger partial charge in [-0.05, 0) is 62.3 Å². The predicted molar refractivity (Wildman–Crippen MR) is 113 cm³/mol. The molecule has 2 atom stereocenters. The molecular formula is C20H32ClN3O3S. The van der Waals surface area contributed by atoms with Gasteiger partial charge in [0.25, 0.3) is 0 Å². The molecule has 3 rings (SSSR count). The molecule has 0 spiro atoms. The Hall–Kier alpha value is -1.15. The molecule has 0 radical (unpaired) electrons. The van der Waals surface area contributed by atoms with Crippen molar-refractivity contribution in [2.45, 2.75) is 62.3 Å². The predicted octanol–water partition coefficient (Wildman–Crippen LogP) is 2.46. The van der Waals surface area contributed by atoms with Crippen molar-refractivity contribution < 1.29 is 13.2 Å². The van der Waals surface area contributed by atoms with Gasteiger partial charge in [-0.2, -0.15) is 4.31 Å². The van der Waals surface area contributed by atoms with Crippen LogP contribution in [0.1, 0.15) is 50.5 Å². The maximum atomic E-state index is 12.5. The zero-order valence-electron chi connectivity index (χ0n) is 16.3. The minimum atomic E-state index is -3.37. The third-order valence-electron chi connectivity index (χ3n) is 5.83. The van der Waals surface area contributed by atoms with E-state index in [1.54, 1.807) is 16.4 Å². The van der Waals surface area contributed by atoms with Gasteiger partial charge in [0.2, 0.25) is 15.9 Å². The first-order valence-electron chi connectivity index (χ1n) is 10.1. The number of hydrogen-bond donors (Lipinski definition) is 2. The molecule has 2 unspecified atom stereocenters. The molecule has 1 aliphatic carbocycles. The van der Waals surface area contributed by atoms with Crippen LogP contribution < -0.4 is 11.1 Å². The maximum absolute atomic E-state index is 12.5. The maximum Gasteiger partial charge on any atom is 0.243 e. The van der Waals surface area contributed by atoms with Gasteiger partial charge in [-0.25, -0.2) is 8.42 Å². The molecule has 1 saturated carbocycles. The van der Waals surface area contributed by atoms with Crippen LogP contribution in [-0.4, -0.2) is 44.3 Å². The number of hydrogen-bond acceptors (Lipinski definition) is 4. The third kappa shape index (κ3) is 5.69. The zero-order valence-corrected chi connectivity index (χ0v) is 17.9. The van der Waals surface area contributed by atoms with Crippen LogP contribution in [0.25, 0.3) is 0 Å². The summed E-state index contributed by atoms with van der Waals surface area (Å²) in [6, 6.07) is 7.15. The Kier molecular flexibility index (Phi) is 8.74. The van der Waals surface area contributed by atoms with E-state index in [0.717, 1.165) is 37.7 Å². The van der Waals surface area contributed by atoms with E-state index < -0.39 is 10.0 Å². The Balaban J connectivity index is 0.00000280. The number of benzene rings is 1. The number of rotatable bonds is 7. The van der Waals surface area contributed by atoms with E-state index in [9.17, 15) is 13.2 Å². The van der Waals surface area contributed by atoms with Gasteiger partial charge >= 0.3 is 0 Å². The monoisotopic (exact) mass is 429 g/mol. The van der Waals surface area contributed by atoms with Crippen molar-refractivity contribution in [1.29, 1.82) is 0 Å². The molecule has 0 bridgehead atoms. The molecule has 0 aromatic heterocycles. The molecule has 6 nitrogen and oxygen atoms in total. The van der Waals surface area contributed by atoms with Crippen molar-refractivity contribution in [3.8, 4) is 0 Å². The molecule has 1 heterocycles. The second-order valence-electron chi connectivity index (χ2n) is 7.71. The average Bonchev–Trinajstić information content (AvgIpc) is 3.23. The van der Waals surface area contributed by atoms with E-state index in [2.05, 4.69) is 5.32 Å². The highest BCUT2D eigenvalue weighted by Crippen LogP contribution is 2.24. The van der Waals surface area contributed by atoms with Crippen LogP contribution in [0.5, 0.6) is 0 Å². The number of sulfonamides is 1. The lowest BCUT2D eigenvalue weighted by atomic mass is 9.84. The van der Waals surface area contributed by atoms with Gasteiger partial charge in [-0.1, -0.05) is 25.0 Å². The van der Waals surface area contributed by atoms with Crippen LogP contribution in [0.15, 0.2) is 29.2 Å². The molecule has 28 heavy (non-hydrogen) atoms. The van der Waals surface area contributed by atoms with E-state index >= 15 is 0 Å². The number of nitrogens with one attached hydrogen (secondary N) is 1. The van der Waals surface area contributed by atoms with Gasteiger partial charge in [-0.3, -0.25) is 4.79 Å². The first kappa shape index (κ1) is 23.1. The standard InChI is InChI=1S/C20H31N3O3S.ClH/c21-15-17-5-1-2-6-19(17)22-20(24)12-9-16-7-10-18(11-8-16)27(25,26)23-13-3-4-14-23;/h7-8,10-11,17,19H,1-6,9,12-15,21H2,(H,22,24);1H. The van der Waals surface area contributed by atoms with E-state index in [1.165, 1.54) is 6.42 Å². The fourth-order valence-electron chi connectivity index (χ4n) is 4.12. The summed E-state index contributed by atoms with van der Waals surface area (Å²) in [4.78, 5) is 12.6.